The lowest BCUT2D eigenvalue weighted by atomic mass is 9.71. The minimum atomic E-state index is -0.0316. The van der Waals surface area contributed by atoms with Gasteiger partial charge in [-0.3, -0.25) is 4.98 Å². The van der Waals surface area contributed by atoms with Crippen LogP contribution in [0.1, 0.15) is 203 Å². The fourth-order valence-electron chi connectivity index (χ4n) is 23.3. The van der Waals surface area contributed by atoms with Gasteiger partial charge in [-0.25, -0.2) is 0 Å². The number of nitrogens with zero attached hydrogens (tertiary/aromatic N) is 1. The van der Waals surface area contributed by atoms with E-state index in [-0.39, 0.29) is 21.7 Å². The van der Waals surface area contributed by atoms with Crippen LogP contribution in [0.25, 0.3) is 156 Å². The lowest BCUT2D eigenvalue weighted by Crippen LogP contribution is -2.25. The number of aromatic nitrogens is 1. The van der Waals surface area contributed by atoms with Crippen LogP contribution in [0.4, 0.5) is 0 Å². The summed E-state index contributed by atoms with van der Waals surface area (Å²) in [5, 5.41) is 0. The lowest BCUT2D eigenvalue weighted by molar-refractivity contribution is 0.436. The van der Waals surface area contributed by atoms with Gasteiger partial charge in [0, 0.05) is 33.4 Å². The molecule has 0 atom stereocenters. The highest BCUT2D eigenvalue weighted by atomic mass is 14.7. The van der Waals surface area contributed by atoms with Gasteiger partial charge >= 0.3 is 0 Å². The minimum Gasteiger partial charge on any atom is -0.256 e. The van der Waals surface area contributed by atoms with E-state index in [1.165, 1.54) is 167 Å². The van der Waals surface area contributed by atoms with Crippen molar-refractivity contribution in [2.24, 2.45) is 0 Å². The van der Waals surface area contributed by atoms with Crippen molar-refractivity contribution in [3.05, 3.63) is 366 Å². The largest absolute Gasteiger partial charge is 0.256 e. The normalized spacial score (nSPS) is 14.2. The van der Waals surface area contributed by atoms with Crippen LogP contribution in [0.2, 0.25) is 0 Å². The Kier molecular flexibility index (Phi) is 20.4. The van der Waals surface area contributed by atoms with E-state index in [9.17, 15) is 0 Å². The van der Waals surface area contributed by atoms with E-state index in [2.05, 4.69) is 365 Å². The van der Waals surface area contributed by atoms with Crippen molar-refractivity contribution in [3.63, 3.8) is 0 Å². The summed E-state index contributed by atoms with van der Waals surface area (Å²) in [4.78, 5) is 4.89. The number of benzene rings is 14. The van der Waals surface area contributed by atoms with E-state index in [0.717, 1.165) is 136 Å². The van der Waals surface area contributed by atoms with Crippen LogP contribution in [-0.2, 0) is 21.7 Å². The van der Waals surface area contributed by atoms with Crippen LogP contribution in [0.5, 0.6) is 0 Å². The first-order valence-corrected chi connectivity index (χ1v) is 44.7. The fourth-order valence-corrected chi connectivity index (χ4v) is 23.3. The Morgan fingerprint density at radius 3 is 0.653 bits per heavy atom. The Bertz CT molecular complexity index is 6220. The van der Waals surface area contributed by atoms with Crippen molar-refractivity contribution in [1.82, 2.24) is 4.98 Å². The summed E-state index contributed by atoms with van der Waals surface area (Å²) in [6, 6.07) is 124. The maximum atomic E-state index is 4.89. The fraction of sp³-hybridized carbons (Fsp3) is 0.239. The van der Waals surface area contributed by atoms with E-state index in [0.29, 0.717) is 0 Å². The number of fused-ring (bicyclic) bond motifs is 12. The Hall–Kier alpha value is -11.8. The van der Waals surface area contributed by atoms with Crippen molar-refractivity contribution in [2.75, 3.05) is 0 Å². The summed E-state index contributed by atoms with van der Waals surface area (Å²) in [6.07, 6.45) is 19.9. The molecule has 0 fully saturated rings. The molecule has 1 heteroatoms. The van der Waals surface area contributed by atoms with Gasteiger partial charge in [-0.2, -0.15) is 0 Å². The molecule has 582 valence electrons. The number of pyridine rings is 1. The lowest BCUT2D eigenvalue weighted by Gasteiger charge is -2.32. The van der Waals surface area contributed by atoms with E-state index in [1.54, 1.807) is 0 Å². The zero-order valence-corrected chi connectivity index (χ0v) is 70.4. The van der Waals surface area contributed by atoms with Crippen LogP contribution in [0.3, 0.4) is 0 Å². The molecule has 0 saturated carbocycles. The van der Waals surface area contributed by atoms with Crippen molar-refractivity contribution in [1.29, 1.82) is 0 Å². The molecule has 14 aromatic carbocycles. The molecular weight excluding hydrogens is 1420 g/mol. The van der Waals surface area contributed by atoms with Crippen molar-refractivity contribution >= 4 is 0 Å². The first kappa shape index (κ1) is 76.2. The topological polar surface area (TPSA) is 12.9 Å². The Balaban J connectivity index is 0.842. The van der Waals surface area contributed by atoms with Crippen LogP contribution in [0, 0.1) is 0 Å². The average Bonchev–Trinajstić information content (AvgIpc) is 1.50. The zero-order chi connectivity index (χ0) is 80.3. The molecule has 4 aliphatic rings. The summed E-state index contributed by atoms with van der Waals surface area (Å²) in [5.41, 5.74) is 46.6. The Morgan fingerprint density at radius 2 is 0.390 bits per heavy atom. The molecule has 0 spiro atoms. The molecule has 1 heterocycles. The van der Waals surface area contributed by atoms with Gasteiger partial charge in [0.25, 0.3) is 0 Å². The first-order chi connectivity index (χ1) is 58.1. The van der Waals surface area contributed by atoms with Gasteiger partial charge in [0.2, 0.25) is 0 Å². The SMILES string of the molecule is CCCC1(CCC)c2ccccc2-c2ccc(-c3ccc(-c4cc(-c5ccc(-c6ccccn6)cc5)c(-c5ccc(-c6ccc7c(c6)C(CCC)(CCC)c6ccccc6-7)cc5)c(-c5ccc(-c6ccc7c(c6)C(CCC)(CCC)c6ccccc6-7)cc5)c4-c4ccc(-c5ccc6c(c5)C(CCC)(CCC)c5ccccc5-6)cc4)cc3)cc21. The summed E-state index contributed by atoms with van der Waals surface area (Å²) < 4.78 is 0. The van der Waals surface area contributed by atoms with Gasteiger partial charge in [0.15, 0.2) is 0 Å². The summed E-state index contributed by atoms with van der Waals surface area (Å²) in [7, 11) is 0. The predicted molar refractivity (Wildman–Crippen MR) is 503 cm³/mol. The monoisotopic (exact) mass is 1530 g/mol. The molecule has 118 heavy (non-hydrogen) atoms. The Labute approximate surface area is 702 Å². The molecule has 0 amide bonds. The van der Waals surface area contributed by atoms with E-state index < -0.39 is 0 Å². The highest BCUT2D eigenvalue weighted by molar-refractivity contribution is 6.08. The van der Waals surface area contributed by atoms with Gasteiger partial charge in [0.1, 0.15) is 0 Å². The second kappa shape index (κ2) is 31.6. The molecule has 0 bridgehead atoms. The summed E-state index contributed by atoms with van der Waals surface area (Å²) in [6.45, 7) is 18.9. The smallest absolute Gasteiger partial charge is 0.0701 e. The van der Waals surface area contributed by atoms with Crippen molar-refractivity contribution < 1.29 is 0 Å². The molecule has 0 radical (unpaired) electrons. The second-order valence-corrected chi connectivity index (χ2v) is 34.8. The predicted octanol–water partition coefficient (Wildman–Crippen LogP) is 33.2. The number of hydrogen-bond acceptors (Lipinski definition) is 1. The van der Waals surface area contributed by atoms with Crippen molar-refractivity contribution in [3.8, 4) is 156 Å². The molecule has 15 aromatic rings. The van der Waals surface area contributed by atoms with Crippen LogP contribution in [0.15, 0.2) is 322 Å². The highest BCUT2D eigenvalue weighted by Crippen LogP contribution is 2.61. The summed E-state index contributed by atoms with van der Waals surface area (Å²) >= 11 is 0. The standard InChI is InChI=1S/C117H109N/c1-9-64-114(65-10-2)102-31-21-17-27-92(102)96-60-56-88(73-106(96)114)78-36-44-82(45-37-78)100-77-101(83-46-48-84(49-47-83)110-35-25-26-72-118-110)112(86-52-40-80(41-53-86)90-58-62-98-94-29-19-23-33-104(94)116(68-13-5,69-14-6)108(98)75-90)113(87-54-42-81(43-55-87)91-59-63-99-95-30-20-24-34-105(95)117(70-15-7,71-16-8)109(99)76-91)111(100)85-50-38-79(39-51-85)89-57-61-97-93-28-18-22-32-103(93)115(66-11-3,67-12-4)107(97)74-89/h17-63,72-77H,9-16,64-71H2,1-8H3. The summed E-state index contributed by atoms with van der Waals surface area (Å²) in [5.74, 6) is 0. The van der Waals surface area contributed by atoms with Crippen LogP contribution in [-0.4, -0.2) is 4.98 Å². The van der Waals surface area contributed by atoms with Gasteiger partial charge < -0.3 is 0 Å². The zero-order valence-electron chi connectivity index (χ0n) is 70.4. The Morgan fingerprint density at radius 1 is 0.169 bits per heavy atom. The van der Waals surface area contributed by atoms with E-state index in [4.69, 9.17) is 4.98 Å². The number of hydrogen-bond donors (Lipinski definition) is 0. The second-order valence-electron chi connectivity index (χ2n) is 34.8. The molecule has 0 N–H and O–H groups in total. The van der Waals surface area contributed by atoms with Gasteiger partial charge in [-0.05, 0) is 283 Å². The molecule has 1 nitrogen and oxygen atoms in total. The quantitative estimate of drug-likeness (QED) is 0.0527. The van der Waals surface area contributed by atoms with Crippen LogP contribution >= 0.6 is 0 Å². The van der Waals surface area contributed by atoms with E-state index in [1.807, 2.05) is 12.3 Å². The van der Waals surface area contributed by atoms with E-state index >= 15 is 0 Å². The maximum absolute atomic E-state index is 4.89. The molecule has 0 saturated heterocycles. The molecule has 19 rings (SSSR count). The van der Waals surface area contributed by atoms with Gasteiger partial charge in [-0.15, -0.1) is 0 Å². The molecule has 1 aromatic heterocycles. The van der Waals surface area contributed by atoms with Crippen LogP contribution < -0.4 is 0 Å². The minimum absolute atomic E-state index is 0.0208. The number of rotatable bonds is 26. The molecular formula is C117H109N. The molecule has 0 unspecified atom stereocenters. The van der Waals surface area contributed by atoms with Crippen molar-refractivity contribution in [2.45, 2.75) is 180 Å². The molecule has 0 aliphatic heterocycles. The van der Waals surface area contributed by atoms with Gasteiger partial charge in [0.05, 0.1) is 5.69 Å². The third-order valence-electron chi connectivity index (χ3n) is 28.0. The first-order valence-electron chi connectivity index (χ1n) is 44.7. The third-order valence-corrected chi connectivity index (χ3v) is 28.0. The van der Waals surface area contributed by atoms with Gasteiger partial charge in [-0.1, -0.05) is 380 Å². The molecule has 4 aliphatic carbocycles. The third kappa shape index (κ3) is 12.5. The average molecular weight is 1530 g/mol. The maximum Gasteiger partial charge on any atom is 0.0701 e. The highest BCUT2D eigenvalue weighted by Gasteiger charge is 2.46.